The van der Waals surface area contributed by atoms with Gasteiger partial charge in [-0.3, -0.25) is 29.1 Å². The summed E-state index contributed by atoms with van der Waals surface area (Å²) in [7, 11) is 0.520. The SMILES string of the molecule is CC(=O)c1ccc([C@H](c2cccc(O)c2)N2C[C@@H](C)N(C)C[C@@H]2C)cc1.CC(=O)c1ccc([C@H](c2cccc(O[Si](C)(C)C(C)(C)C)c2)N2C[C@@H](C)N(C)C[C@@H]2C)cc1.CC(=O)c1ccc([C@H](c2cccc(O[Si](C)(C)C(C)(C)C)c2)N2C[C@@H](C)NC[C@@H]2C)cc1. The molecule has 0 bridgehead atoms. The fraction of sp³-hybridized carbons (Fsp3) is 0.494. The van der Waals surface area contributed by atoms with Crippen molar-refractivity contribution in [1.82, 2.24) is 29.8 Å². The minimum atomic E-state index is -1.93. The van der Waals surface area contributed by atoms with Gasteiger partial charge in [-0.2, -0.15) is 0 Å². The van der Waals surface area contributed by atoms with Crippen LogP contribution >= 0.6 is 0 Å². The first kappa shape index (κ1) is 72.4. The van der Waals surface area contributed by atoms with Gasteiger partial charge in [-0.15, -0.1) is 0 Å². The van der Waals surface area contributed by atoms with Crippen LogP contribution in [0.25, 0.3) is 0 Å². The highest BCUT2D eigenvalue weighted by atomic mass is 28.4. The third-order valence-corrected chi connectivity index (χ3v) is 29.0. The first-order valence-corrected chi connectivity index (χ1v) is 39.0. The molecule has 0 spiro atoms. The van der Waals surface area contributed by atoms with E-state index in [4.69, 9.17) is 8.85 Å². The van der Waals surface area contributed by atoms with Gasteiger partial charge in [0, 0.05) is 92.2 Å². The molecule has 0 aliphatic carbocycles. The number of phenols is 1. The lowest BCUT2D eigenvalue weighted by Crippen LogP contribution is -2.55. The molecule has 2 N–H and O–H groups in total. The van der Waals surface area contributed by atoms with Crippen LogP contribution in [0.1, 0.15) is 186 Å². The Balaban J connectivity index is 0.000000195. The number of rotatable bonds is 16. The highest BCUT2D eigenvalue weighted by molar-refractivity contribution is 6.75. The minimum Gasteiger partial charge on any atom is -0.543 e. The van der Waals surface area contributed by atoms with Crippen LogP contribution in [0.5, 0.6) is 17.2 Å². The number of nitrogens with one attached hydrogen (secondary N) is 1. The first-order chi connectivity index (χ1) is 42.5. The van der Waals surface area contributed by atoms with Crippen LogP contribution in [-0.4, -0.2) is 153 Å². The van der Waals surface area contributed by atoms with Crippen LogP contribution in [0.2, 0.25) is 36.3 Å². The Labute approximate surface area is 550 Å². The van der Waals surface area contributed by atoms with E-state index in [2.05, 4.69) is 232 Å². The van der Waals surface area contributed by atoms with Gasteiger partial charge < -0.3 is 29.1 Å². The van der Waals surface area contributed by atoms with E-state index in [9.17, 15) is 19.5 Å². The van der Waals surface area contributed by atoms with Crippen LogP contribution in [-0.2, 0) is 0 Å². The second kappa shape index (κ2) is 30.3. The second-order valence-corrected chi connectivity index (χ2v) is 39.2. The molecule has 0 radical (unpaired) electrons. The maximum absolute atomic E-state index is 11.9. The van der Waals surface area contributed by atoms with Crippen molar-refractivity contribution in [2.75, 3.05) is 53.4 Å². The standard InChI is InChI=1S/C28H42N2O2Si.C27H40N2O2Si.C22H28N2O2/c1-20-19-30(21(2)18-29(20)7)27(24-15-13-23(14-16-24)22(3)31)25-11-10-12-26(17-25)32-33(8,9)28(4,5)6;1-19-18-29(20(2)17-28-19)26(23-14-12-22(13-15-23)21(3)30)24-10-9-11-25(16-24)31-32(7,8)27(4,5)6;1-15-14-24(16(2)13-23(15)4)22(20-6-5-7-21(26)12-20)19-10-8-18(9-11-19)17(3)25/h10-17,20-21,27H,18-19H2,1-9H3;9-16,19-20,26,28H,17-18H2,1-8H3;5-12,15-16,22,26H,13-14H2,1-4H3/t20-,21+,27-;19-,20+,26-;15-,16+,22-/m111/s1. The first-order valence-electron chi connectivity index (χ1n) is 33.2. The zero-order valence-electron chi connectivity index (χ0n) is 59.0. The average Bonchev–Trinajstić information content (AvgIpc) is 0.842. The zero-order chi connectivity index (χ0) is 67.1. The Kier molecular flexibility index (Phi) is 24.1. The number of Topliss-reactive ketones (excluding diaryl/α,β-unsaturated/α-hetero) is 3. The number of phenolic OH excluding ortho intramolecular Hbond substituents is 1. The molecule has 3 heterocycles. The normalized spacial score (nSPS) is 21.9. The smallest absolute Gasteiger partial charge is 0.250 e. The van der Waals surface area contributed by atoms with Crippen LogP contribution in [0.15, 0.2) is 146 Å². The number of benzene rings is 6. The molecule has 9 rings (SSSR count). The van der Waals surface area contributed by atoms with E-state index in [1.807, 2.05) is 60.7 Å². The molecule has 3 aliphatic heterocycles. The van der Waals surface area contributed by atoms with E-state index in [0.29, 0.717) is 36.3 Å². The summed E-state index contributed by atoms with van der Waals surface area (Å²) < 4.78 is 13.3. The monoisotopic (exact) mass is 1270 g/mol. The van der Waals surface area contributed by atoms with Crippen LogP contribution in [0, 0.1) is 0 Å². The number of ketones is 3. The van der Waals surface area contributed by atoms with E-state index >= 15 is 0 Å². The Hall–Kier alpha value is -6.08. The summed E-state index contributed by atoms with van der Waals surface area (Å²) >= 11 is 0. The molecule has 9 atom stereocenters. The lowest BCUT2D eigenvalue weighted by atomic mass is 9.92. The summed E-state index contributed by atoms with van der Waals surface area (Å²) in [6, 6.07) is 51.9. The zero-order valence-corrected chi connectivity index (χ0v) is 61.0. The van der Waals surface area contributed by atoms with Gasteiger partial charge in [0.2, 0.25) is 16.6 Å². The Morgan fingerprint density at radius 2 is 0.758 bits per heavy atom. The third kappa shape index (κ3) is 18.4. The number of aromatic hydroxyl groups is 1. The predicted octanol–water partition coefficient (Wildman–Crippen LogP) is 16.1. The molecule has 6 aromatic carbocycles. The van der Waals surface area contributed by atoms with Gasteiger partial charge in [-0.25, -0.2) is 0 Å². The summed E-state index contributed by atoms with van der Waals surface area (Å²) in [4.78, 5) is 47.8. The van der Waals surface area contributed by atoms with Crippen LogP contribution < -0.4 is 14.2 Å². The maximum Gasteiger partial charge on any atom is 0.250 e. The highest BCUT2D eigenvalue weighted by Gasteiger charge is 2.42. The molecule has 0 saturated carbocycles. The lowest BCUT2D eigenvalue weighted by molar-refractivity contribution is 0.0389. The molecular weight excluding hydrogens is 1160 g/mol. The summed E-state index contributed by atoms with van der Waals surface area (Å²) in [5, 5.41) is 13.9. The number of hydrogen-bond donors (Lipinski definition) is 2. The fourth-order valence-corrected chi connectivity index (χ4v) is 14.3. The summed E-state index contributed by atoms with van der Waals surface area (Å²) in [5.41, 5.74) is 9.35. The third-order valence-electron chi connectivity index (χ3n) is 20.3. The lowest BCUT2D eigenvalue weighted by Gasteiger charge is -2.46. The van der Waals surface area contributed by atoms with Crippen molar-refractivity contribution in [3.63, 3.8) is 0 Å². The van der Waals surface area contributed by atoms with Gasteiger partial charge in [0.25, 0.3) is 0 Å². The van der Waals surface area contributed by atoms with E-state index in [1.54, 1.807) is 26.8 Å². The van der Waals surface area contributed by atoms with Crippen molar-refractivity contribution in [1.29, 1.82) is 0 Å². The largest absolute Gasteiger partial charge is 0.543 e. The van der Waals surface area contributed by atoms with E-state index in [0.717, 1.165) is 78.6 Å². The molecule has 0 aromatic heterocycles. The van der Waals surface area contributed by atoms with E-state index < -0.39 is 16.6 Å². The van der Waals surface area contributed by atoms with Gasteiger partial charge in [0.15, 0.2) is 17.3 Å². The maximum atomic E-state index is 11.9. The van der Waals surface area contributed by atoms with Crippen LogP contribution in [0.4, 0.5) is 0 Å². The second-order valence-electron chi connectivity index (χ2n) is 29.7. The molecular formula is C77H110N6O6Si2. The molecule has 12 nitrogen and oxygen atoms in total. The summed E-state index contributed by atoms with van der Waals surface area (Å²) in [6.45, 7) is 47.2. The topological polar surface area (TPSA) is 118 Å². The van der Waals surface area contributed by atoms with Crippen LogP contribution in [0.3, 0.4) is 0 Å². The van der Waals surface area contributed by atoms with Crippen molar-refractivity contribution in [2.45, 2.75) is 194 Å². The van der Waals surface area contributed by atoms with Gasteiger partial charge in [-0.05, 0) is 182 Å². The predicted molar refractivity (Wildman–Crippen MR) is 382 cm³/mol. The van der Waals surface area contributed by atoms with Crippen molar-refractivity contribution < 1.29 is 28.3 Å². The molecule has 91 heavy (non-hydrogen) atoms. The van der Waals surface area contributed by atoms with Crippen molar-refractivity contribution in [3.05, 3.63) is 196 Å². The minimum absolute atomic E-state index is 0.0502. The Morgan fingerprint density at radius 1 is 0.440 bits per heavy atom. The highest BCUT2D eigenvalue weighted by Crippen LogP contribution is 2.42. The molecule has 6 aromatic rings. The summed E-state index contributed by atoms with van der Waals surface area (Å²) in [5.74, 6) is 2.47. The fourth-order valence-electron chi connectivity index (χ4n) is 12.3. The van der Waals surface area contributed by atoms with Gasteiger partial charge in [0.05, 0.1) is 18.1 Å². The van der Waals surface area contributed by atoms with Crippen molar-refractivity contribution in [3.8, 4) is 17.2 Å². The van der Waals surface area contributed by atoms with Crippen molar-refractivity contribution in [2.24, 2.45) is 0 Å². The van der Waals surface area contributed by atoms with Crippen molar-refractivity contribution >= 4 is 34.0 Å². The number of nitrogens with zero attached hydrogens (tertiary/aromatic N) is 5. The quantitative estimate of drug-likeness (QED) is 0.0710. The molecule has 3 fully saturated rings. The molecule has 3 saturated heterocycles. The Morgan fingerprint density at radius 3 is 1.08 bits per heavy atom. The number of carbonyl (C=O) groups excluding carboxylic acids is 3. The Bertz CT molecular complexity index is 3380. The number of likely N-dealkylation sites (N-methyl/N-ethyl adjacent to an activating group) is 2. The van der Waals surface area contributed by atoms with Gasteiger partial charge in [0.1, 0.15) is 17.2 Å². The van der Waals surface area contributed by atoms with Gasteiger partial charge in [-0.1, -0.05) is 151 Å². The number of piperazine rings is 3. The number of hydrogen-bond acceptors (Lipinski definition) is 12. The molecule has 3 aliphatic rings. The van der Waals surface area contributed by atoms with Gasteiger partial charge >= 0.3 is 0 Å². The van der Waals surface area contributed by atoms with E-state index in [-0.39, 0.29) is 51.3 Å². The molecule has 0 unspecified atom stereocenters. The summed E-state index contributed by atoms with van der Waals surface area (Å²) in [6.07, 6.45) is 0. The molecule has 0 amide bonds. The number of carbonyl (C=O) groups is 3. The van der Waals surface area contributed by atoms with E-state index in [1.165, 1.54) is 22.3 Å². The molecule has 492 valence electrons. The average molecular weight is 1270 g/mol. The molecule has 14 heteroatoms.